The van der Waals surface area contributed by atoms with Crippen LogP contribution in [-0.2, 0) is 4.74 Å². The molecule has 0 bridgehead atoms. The second-order valence-electron chi connectivity index (χ2n) is 4.18. The normalized spacial score (nSPS) is 20.5. The number of hydrogen-bond acceptors (Lipinski definition) is 2. The number of rotatable bonds is 2. The maximum atomic E-state index is 5.73. The number of halogens is 1. The Labute approximate surface area is 132 Å². The number of hydrogen-bond donors (Lipinski definition) is 0. The molecule has 4 heteroatoms. The summed E-state index contributed by atoms with van der Waals surface area (Å²) in [5, 5.41) is 0. The fourth-order valence-electron chi connectivity index (χ4n) is 1.85. The van der Waals surface area contributed by atoms with E-state index in [2.05, 4.69) is 64.0 Å². The van der Waals surface area contributed by atoms with Crippen molar-refractivity contribution in [3.05, 3.63) is 63.7 Å². The first-order valence-electron chi connectivity index (χ1n) is 6.00. The molecular formula is C15H12INOSe. The molecule has 0 aliphatic carbocycles. The van der Waals surface area contributed by atoms with Crippen LogP contribution < -0.4 is 0 Å². The zero-order valence-corrected chi connectivity index (χ0v) is 14.0. The van der Waals surface area contributed by atoms with Crippen molar-refractivity contribution in [1.82, 2.24) is 0 Å². The molecule has 1 saturated heterocycles. The summed E-state index contributed by atoms with van der Waals surface area (Å²) < 4.78 is 6.95. The monoisotopic (exact) mass is 429 g/mol. The van der Waals surface area contributed by atoms with Gasteiger partial charge in [-0.2, -0.15) is 0 Å². The van der Waals surface area contributed by atoms with Crippen molar-refractivity contribution in [1.29, 1.82) is 0 Å². The van der Waals surface area contributed by atoms with Gasteiger partial charge in [0.15, 0.2) is 0 Å². The molecule has 1 aliphatic rings. The van der Waals surface area contributed by atoms with Gasteiger partial charge in [0.25, 0.3) is 0 Å². The van der Waals surface area contributed by atoms with Crippen LogP contribution in [0.3, 0.4) is 0 Å². The zero-order chi connectivity index (χ0) is 13.1. The molecule has 1 fully saturated rings. The molecule has 2 aromatic carbocycles. The van der Waals surface area contributed by atoms with Crippen molar-refractivity contribution in [3.63, 3.8) is 0 Å². The van der Waals surface area contributed by atoms with Crippen molar-refractivity contribution in [2.45, 2.75) is 4.82 Å². The summed E-state index contributed by atoms with van der Waals surface area (Å²) in [5.74, 6) is 0. The quantitative estimate of drug-likeness (QED) is 0.528. The second kappa shape index (κ2) is 6.07. The maximum absolute atomic E-state index is 5.73. The third-order valence-corrected chi connectivity index (χ3v) is 5.85. The van der Waals surface area contributed by atoms with Gasteiger partial charge in [-0.1, -0.05) is 0 Å². The molecule has 3 rings (SSSR count). The van der Waals surface area contributed by atoms with E-state index in [1.807, 2.05) is 18.2 Å². The van der Waals surface area contributed by atoms with Gasteiger partial charge in [0, 0.05) is 0 Å². The Kier molecular flexibility index (Phi) is 4.21. The molecule has 0 radical (unpaired) electrons. The van der Waals surface area contributed by atoms with Crippen LogP contribution in [0.5, 0.6) is 0 Å². The molecule has 0 unspecified atom stereocenters. The van der Waals surface area contributed by atoms with Gasteiger partial charge >= 0.3 is 133 Å². The van der Waals surface area contributed by atoms with E-state index in [1.54, 1.807) is 0 Å². The summed E-state index contributed by atoms with van der Waals surface area (Å²) in [4.78, 5) is 6.00. The Bertz CT molecular complexity index is 583. The molecule has 2 aromatic rings. The van der Waals surface area contributed by atoms with Crippen molar-refractivity contribution in [3.8, 4) is 0 Å². The number of ether oxygens (including phenoxy) is 1. The topological polar surface area (TPSA) is 21.6 Å². The Hall–Kier alpha value is -0.841. The summed E-state index contributed by atoms with van der Waals surface area (Å²) in [6.45, 7) is 0.757. The van der Waals surface area contributed by atoms with Gasteiger partial charge in [-0.25, -0.2) is 0 Å². The van der Waals surface area contributed by atoms with Gasteiger partial charge in [0.05, 0.1) is 0 Å². The van der Waals surface area contributed by atoms with Gasteiger partial charge < -0.3 is 0 Å². The van der Waals surface area contributed by atoms with Gasteiger partial charge in [-0.3, -0.25) is 0 Å². The van der Waals surface area contributed by atoms with E-state index in [-0.39, 0.29) is 15.0 Å². The summed E-state index contributed by atoms with van der Waals surface area (Å²) in [5.41, 5.74) is 2.33. The third-order valence-electron chi connectivity index (χ3n) is 2.82. The molecule has 0 amide bonds. The summed E-state index contributed by atoms with van der Waals surface area (Å²) in [6.07, 6.45) is 0. The van der Waals surface area contributed by atoms with Gasteiger partial charge in [0.2, 0.25) is 0 Å². The van der Waals surface area contributed by atoms with Gasteiger partial charge in [0.1, 0.15) is 0 Å². The fraction of sp³-hybridized carbons (Fsp3) is 0.133. The molecule has 96 valence electrons. The second-order valence-corrected chi connectivity index (χ2v) is 7.85. The van der Waals surface area contributed by atoms with Gasteiger partial charge in [-0.05, 0) is 0 Å². The van der Waals surface area contributed by atoms with Crippen LogP contribution in [0.4, 0.5) is 5.69 Å². The van der Waals surface area contributed by atoms with Crippen LogP contribution >= 0.6 is 22.6 Å². The standard InChI is InChI=1S/C15H12INOSe/c16-12-6-8-13(9-7-12)17-15-18-10-14(19-15)11-4-2-1-3-5-11/h1-9,14H,10H2/t14-/m1/s1. The van der Waals surface area contributed by atoms with Gasteiger partial charge in [-0.15, -0.1) is 0 Å². The number of nitrogens with zero attached hydrogens (tertiary/aromatic N) is 1. The molecule has 0 aromatic heterocycles. The third kappa shape index (κ3) is 3.38. The summed E-state index contributed by atoms with van der Waals surface area (Å²) in [7, 11) is 0. The van der Waals surface area contributed by atoms with E-state index in [9.17, 15) is 0 Å². The fourth-order valence-corrected chi connectivity index (χ4v) is 4.24. The van der Waals surface area contributed by atoms with Crippen molar-refractivity contribution < 1.29 is 4.74 Å². The molecule has 0 spiro atoms. The molecular weight excluding hydrogens is 416 g/mol. The van der Waals surface area contributed by atoms with Crippen LogP contribution in [0.1, 0.15) is 10.4 Å². The van der Waals surface area contributed by atoms with Crippen molar-refractivity contribution in [2.24, 2.45) is 4.99 Å². The van der Waals surface area contributed by atoms with E-state index in [0.29, 0.717) is 4.82 Å². The van der Waals surface area contributed by atoms with Crippen LogP contribution in [0.15, 0.2) is 59.6 Å². The molecule has 1 aliphatic heterocycles. The van der Waals surface area contributed by atoms with Crippen molar-refractivity contribution in [2.75, 3.05) is 6.61 Å². The molecule has 1 atom stereocenters. The van der Waals surface area contributed by atoms with Crippen LogP contribution in [0.25, 0.3) is 0 Å². The van der Waals surface area contributed by atoms with E-state index >= 15 is 0 Å². The average molecular weight is 428 g/mol. The average Bonchev–Trinajstić information content (AvgIpc) is 2.91. The Morgan fingerprint density at radius 1 is 1.05 bits per heavy atom. The van der Waals surface area contributed by atoms with Crippen molar-refractivity contribution >= 4 is 48.0 Å². The molecule has 0 N–H and O–H groups in total. The Morgan fingerprint density at radius 2 is 1.79 bits per heavy atom. The van der Waals surface area contributed by atoms with Crippen LogP contribution in [-0.4, -0.2) is 26.4 Å². The molecule has 0 saturated carbocycles. The first kappa shape index (κ1) is 13.2. The first-order chi connectivity index (χ1) is 9.31. The van der Waals surface area contributed by atoms with E-state index in [1.165, 1.54) is 9.13 Å². The SMILES string of the molecule is Ic1ccc(N=C2OC[C@H](c3ccccc3)[Se]2)cc1. The predicted octanol–water partition coefficient (Wildman–Crippen LogP) is 3.75. The Balaban J connectivity index is 1.74. The summed E-state index contributed by atoms with van der Waals surface area (Å²) >= 11 is 2.58. The molecule has 1 heterocycles. The van der Waals surface area contributed by atoms with Crippen LogP contribution in [0.2, 0.25) is 0 Å². The minimum absolute atomic E-state index is 0.282. The zero-order valence-electron chi connectivity index (χ0n) is 10.1. The molecule has 19 heavy (non-hydrogen) atoms. The van der Waals surface area contributed by atoms with E-state index in [0.717, 1.165) is 17.1 Å². The molecule has 2 nitrogen and oxygen atoms in total. The Morgan fingerprint density at radius 3 is 2.53 bits per heavy atom. The van der Waals surface area contributed by atoms with E-state index < -0.39 is 0 Å². The summed E-state index contributed by atoms with van der Waals surface area (Å²) in [6, 6.07) is 18.8. The number of benzene rings is 2. The minimum atomic E-state index is 0.282. The van der Waals surface area contributed by atoms with E-state index in [4.69, 9.17) is 4.74 Å². The van der Waals surface area contributed by atoms with Crippen LogP contribution in [0, 0.1) is 3.57 Å². The number of aliphatic imine (C=N–C) groups is 1. The first-order valence-corrected chi connectivity index (χ1v) is 8.92. The predicted molar refractivity (Wildman–Crippen MR) is 87.1 cm³/mol.